The first-order chi connectivity index (χ1) is 25.5. The van der Waals surface area contributed by atoms with Gasteiger partial charge in [-0.05, 0) is 130 Å². The van der Waals surface area contributed by atoms with Crippen molar-refractivity contribution in [1.29, 1.82) is 0 Å². The Bertz CT molecular complexity index is 3070. The Balaban J connectivity index is 1.22. The van der Waals surface area contributed by atoms with Gasteiger partial charge in [0, 0.05) is 11.0 Å². The third-order valence-electron chi connectivity index (χ3n) is 11.4. The van der Waals surface area contributed by atoms with Crippen LogP contribution in [0.3, 0.4) is 0 Å². The van der Waals surface area contributed by atoms with Crippen LogP contribution in [0.25, 0.3) is 97.3 Å². The van der Waals surface area contributed by atoms with Crippen LogP contribution in [0.2, 0.25) is 0 Å². The van der Waals surface area contributed by atoms with E-state index in [1.165, 1.54) is 97.9 Å². The fraction of sp³-hybridized carbons (Fsp3) is 0.0600. The number of thiazole rings is 1. The van der Waals surface area contributed by atoms with E-state index in [4.69, 9.17) is 4.98 Å². The lowest BCUT2D eigenvalue weighted by Gasteiger charge is -2.24. The van der Waals surface area contributed by atoms with Crippen LogP contribution < -0.4 is 0 Å². The quantitative estimate of drug-likeness (QED) is 0.169. The summed E-state index contributed by atoms with van der Waals surface area (Å²) in [5.41, 5.74) is 12.5. The molecule has 52 heavy (non-hydrogen) atoms. The molecule has 0 amide bonds. The summed E-state index contributed by atoms with van der Waals surface area (Å²) < 4.78 is 1.22. The van der Waals surface area contributed by atoms with Crippen LogP contribution in [0, 0.1) is 0 Å². The zero-order valence-corrected chi connectivity index (χ0v) is 29.8. The van der Waals surface area contributed by atoms with E-state index in [0.717, 1.165) is 10.5 Å². The molecule has 0 saturated heterocycles. The number of fused-ring (bicyclic) bond motifs is 8. The van der Waals surface area contributed by atoms with Gasteiger partial charge in [0.25, 0.3) is 0 Å². The zero-order valence-electron chi connectivity index (χ0n) is 28.9. The topological polar surface area (TPSA) is 12.9 Å². The van der Waals surface area contributed by atoms with Crippen molar-refractivity contribution in [2.24, 2.45) is 0 Å². The Labute approximate surface area is 306 Å². The standard InChI is InChI=1S/C50H33NS/c1-50(2)43-27-36(49-51-45-17-9-10-18-46(45)52-49)23-24-37(43)40-28-41-42(29-44(40)50)48(35-22-20-31-12-4-6-14-33(31)26-35)39-16-8-7-15-38(39)47(41)34-21-19-30-11-3-5-13-32(30)25-34/h3-29H,1-2H3. The van der Waals surface area contributed by atoms with E-state index in [2.05, 4.69) is 178 Å². The number of nitrogens with zero attached hydrogens (tertiary/aromatic N) is 1. The number of aromatic nitrogens is 1. The minimum absolute atomic E-state index is 0.193. The summed E-state index contributed by atoms with van der Waals surface area (Å²) in [7, 11) is 0. The van der Waals surface area contributed by atoms with Gasteiger partial charge >= 0.3 is 0 Å². The number of rotatable bonds is 3. The van der Waals surface area contributed by atoms with Gasteiger partial charge in [-0.25, -0.2) is 4.98 Å². The molecular weight excluding hydrogens is 647 g/mol. The lowest BCUT2D eigenvalue weighted by molar-refractivity contribution is 0.661. The fourth-order valence-corrected chi connectivity index (χ4v) is 9.81. The number of para-hydroxylation sites is 1. The summed E-state index contributed by atoms with van der Waals surface area (Å²) in [5, 5.41) is 11.2. The number of benzene rings is 9. The van der Waals surface area contributed by atoms with Crippen molar-refractivity contribution in [3.63, 3.8) is 0 Å². The van der Waals surface area contributed by atoms with Crippen LogP contribution in [0.4, 0.5) is 0 Å². The molecule has 0 spiro atoms. The maximum Gasteiger partial charge on any atom is 0.124 e. The lowest BCUT2D eigenvalue weighted by atomic mass is 9.79. The number of hydrogen-bond donors (Lipinski definition) is 0. The molecule has 0 fully saturated rings. The molecular formula is C50H33NS. The maximum atomic E-state index is 5.03. The summed E-state index contributed by atoms with van der Waals surface area (Å²) in [4.78, 5) is 5.03. The third kappa shape index (κ3) is 4.31. The van der Waals surface area contributed by atoms with E-state index in [1.807, 2.05) is 0 Å². The second-order valence-electron chi connectivity index (χ2n) is 14.7. The fourth-order valence-electron chi connectivity index (χ4n) is 8.84. The minimum Gasteiger partial charge on any atom is -0.236 e. The van der Waals surface area contributed by atoms with Crippen LogP contribution >= 0.6 is 11.3 Å². The Kier molecular flexibility index (Phi) is 6.24. The van der Waals surface area contributed by atoms with E-state index in [9.17, 15) is 0 Å². The molecule has 244 valence electrons. The third-order valence-corrected chi connectivity index (χ3v) is 12.5. The summed E-state index contributed by atoms with van der Waals surface area (Å²) in [6.07, 6.45) is 0. The molecule has 2 heteroatoms. The largest absolute Gasteiger partial charge is 0.236 e. The van der Waals surface area contributed by atoms with E-state index < -0.39 is 0 Å². The van der Waals surface area contributed by atoms with Crippen molar-refractivity contribution in [2.75, 3.05) is 0 Å². The summed E-state index contributed by atoms with van der Waals surface area (Å²) in [5.74, 6) is 0. The Hall–Kier alpha value is -6.09. The van der Waals surface area contributed by atoms with Crippen molar-refractivity contribution in [3.05, 3.63) is 175 Å². The summed E-state index contributed by atoms with van der Waals surface area (Å²) >= 11 is 1.77. The molecule has 1 aliphatic rings. The molecule has 0 unspecified atom stereocenters. The molecule has 0 aliphatic heterocycles. The number of hydrogen-bond acceptors (Lipinski definition) is 2. The molecule has 0 N–H and O–H groups in total. The molecule has 0 radical (unpaired) electrons. The van der Waals surface area contributed by atoms with Gasteiger partial charge in [-0.3, -0.25) is 0 Å². The highest BCUT2D eigenvalue weighted by molar-refractivity contribution is 7.21. The van der Waals surface area contributed by atoms with Gasteiger partial charge in [-0.2, -0.15) is 0 Å². The second kappa shape index (κ2) is 11.0. The van der Waals surface area contributed by atoms with E-state index in [0.29, 0.717) is 0 Å². The van der Waals surface area contributed by atoms with E-state index in [1.54, 1.807) is 11.3 Å². The van der Waals surface area contributed by atoms with Crippen molar-refractivity contribution < 1.29 is 0 Å². The van der Waals surface area contributed by atoms with E-state index in [-0.39, 0.29) is 5.41 Å². The van der Waals surface area contributed by atoms with Crippen molar-refractivity contribution in [3.8, 4) is 44.0 Å². The van der Waals surface area contributed by atoms with Crippen LogP contribution in [0.1, 0.15) is 25.0 Å². The van der Waals surface area contributed by atoms with Gasteiger partial charge in [-0.1, -0.05) is 135 Å². The summed E-state index contributed by atoms with van der Waals surface area (Å²) in [6.45, 7) is 4.79. The molecule has 0 saturated carbocycles. The maximum absolute atomic E-state index is 5.03. The highest BCUT2D eigenvalue weighted by atomic mass is 32.1. The lowest BCUT2D eigenvalue weighted by Crippen LogP contribution is -2.15. The first kappa shape index (κ1) is 29.6. The molecule has 11 rings (SSSR count). The molecule has 0 bridgehead atoms. The van der Waals surface area contributed by atoms with Crippen LogP contribution in [0.15, 0.2) is 164 Å². The zero-order chi connectivity index (χ0) is 34.6. The Morgan fingerprint density at radius 1 is 0.423 bits per heavy atom. The van der Waals surface area contributed by atoms with Gasteiger partial charge in [-0.15, -0.1) is 11.3 Å². The second-order valence-corrected chi connectivity index (χ2v) is 15.8. The van der Waals surface area contributed by atoms with Gasteiger partial charge < -0.3 is 0 Å². The average molecular weight is 680 g/mol. The van der Waals surface area contributed by atoms with Crippen molar-refractivity contribution in [1.82, 2.24) is 4.98 Å². The van der Waals surface area contributed by atoms with Crippen molar-refractivity contribution >= 4 is 64.6 Å². The smallest absolute Gasteiger partial charge is 0.124 e. The van der Waals surface area contributed by atoms with Gasteiger partial charge in [0.15, 0.2) is 0 Å². The normalized spacial score (nSPS) is 13.3. The molecule has 1 heterocycles. The molecule has 1 aliphatic carbocycles. The summed E-state index contributed by atoms with van der Waals surface area (Å²) in [6, 6.07) is 60.9. The van der Waals surface area contributed by atoms with E-state index >= 15 is 0 Å². The monoisotopic (exact) mass is 679 g/mol. The van der Waals surface area contributed by atoms with Crippen molar-refractivity contribution in [2.45, 2.75) is 19.3 Å². The SMILES string of the molecule is CC1(C)c2cc(-c3nc4ccccc4s3)ccc2-c2cc3c(-c4ccc5ccccc5c4)c4ccccc4c(-c4ccc5ccccc5c4)c3cc21. The van der Waals surface area contributed by atoms with Crippen LogP contribution in [-0.2, 0) is 5.41 Å². The average Bonchev–Trinajstić information content (AvgIpc) is 3.72. The Morgan fingerprint density at radius 2 is 0.962 bits per heavy atom. The van der Waals surface area contributed by atoms with Gasteiger partial charge in [0.1, 0.15) is 5.01 Å². The highest BCUT2D eigenvalue weighted by Crippen LogP contribution is 2.54. The predicted molar refractivity (Wildman–Crippen MR) is 224 cm³/mol. The molecule has 0 atom stereocenters. The molecule has 10 aromatic rings. The van der Waals surface area contributed by atoms with Crippen LogP contribution in [-0.4, -0.2) is 4.98 Å². The van der Waals surface area contributed by atoms with Gasteiger partial charge in [0.05, 0.1) is 10.2 Å². The highest BCUT2D eigenvalue weighted by Gasteiger charge is 2.37. The Morgan fingerprint density at radius 3 is 1.62 bits per heavy atom. The molecule has 1 nitrogen and oxygen atoms in total. The molecule has 1 aromatic heterocycles. The predicted octanol–water partition coefficient (Wildman–Crippen LogP) is 14.2. The first-order valence-electron chi connectivity index (χ1n) is 18.0. The first-order valence-corrected chi connectivity index (χ1v) is 18.9. The van der Waals surface area contributed by atoms with Gasteiger partial charge in [0.2, 0.25) is 0 Å². The molecule has 9 aromatic carbocycles. The van der Waals surface area contributed by atoms with Crippen LogP contribution in [0.5, 0.6) is 0 Å². The minimum atomic E-state index is -0.193.